The highest BCUT2D eigenvalue weighted by Gasteiger charge is 2.59. The lowest BCUT2D eigenvalue weighted by molar-refractivity contribution is -0.140. The summed E-state index contributed by atoms with van der Waals surface area (Å²) >= 11 is 4.51. The first kappa shape index (κ1) is 22.2. The lowest BCUT2D eigenvalue weighted by atomic mass is 9.85. The van der Waals surface area contributed by atoms with Crippen molar-refractivity contribution in [1.82, 2.24) is 5.01 Å². The van der Waals surface area contributed by atoms with E-state index in [1.807, 2.05) is 30.3 Å². The Labute approximate surface area is 224 Å². The molecule has 0 unspecified atom stereocenters. The maximum Gasteiger partial charge on any atom is 0.254 e. The van der Waals surface area contributed by atoms with E-state index >= 15 is 0 Å². The molecule has 34 heavy (non-hydrogen) atoms. The van der Waals surface area contributed by atoms with Crippen LogP contribution in [0.15, 0.2) is 71.9 Å². The number of amides is 2. The number of carbonyl (C=O) groups is 2. The second kappa shape index (κ2) is 8.75. The summed E-state index contributed by atoms with van der Waals surface area (Å²) < 4.78 is 8.12. The number of imide groups is 1. The van der Waals surface area contributed by atoms with Crippen molar-refractivity contribution in [2.24, 2.45) is 28.8 Å². The Morgan fingerprint density at radius 3 is 2.29 bits per heavy atom. The first-order valence-corrected chi connectivity index (χ1v) is 13.4. The first-order valence-electron chi connectivity index (χ1n) is 11.2. The van der Waals surface area contributed by atoms with Gasteiger partial charge in [0, 0.05) is 0 Å². The van der Waals surface area contributed by atoms with Crippen molar-refractivity contribution in [2.75, 3.05) is 0 Å². The Bertz CT molecular complexity index is 1340. The van der Waals surface area contributed by atoms with Gasteiger partial charge < -0.3 is 4.74 Å². The molecule has 1 saturated heterocycles. The van der Waals surface area contributed by atoms with Crippen molar-refractivity contribution in [3.8, 4) is 5.75 Å². The number of halogens is 2. The van der Waals surface area contributed by atoms with Crippen LogP contribution in [0.5, 0.6) is 5.75 Å². The Hall–Kier alpha value is -2.27. The average molecular weight is 674 g/mol. The molecule has 1 heterocycles. The van der Waals surface area contributed by atoms with Crippen LogP contribution < -0.4 is 4.74 Å². The lowest BCUT2D eigenvalue weighted by Gasteiger charge is -2.13. The molecule has 3 aromatic rings. The molecule has 5 nitrogen and oxygen atoms in total. The predicted octanol–water partition coefficient (Wildman–Crippen LogP) is 5.77. The number of hydrogen-bond donors (Lipinski definition) is 0. The Kier molecular flexibility index (Phi) is 5.71. The van der Waals surface area contributed by atoms with Crippen molar-refractivity contribution in [3.05, 3.63) is 85.0 Å². The van der Waals surface area contributed by atoms with Crippen LogP contribution in [0, 0.1) is 30.8 Å². The third-order valence-electron chi connectivity index (χ3n) is 7.04. The molecule has 3 aliphatic rings. The maximum atomic E-state index is 12.8. The molecule has 0 aromatic heterocycles. The number of fused-ring (bicyclic) bond motifs is 6. The average Bonchev–Trinajstić information content (AvgIpc) is 3.51. The van der Waals surface area contributed by atoms with E-state index in [1.165, 1.54) is 10.8 Å². The Morgan fingerprint density at radius 1 is 0.941 bits per heavy atom. The molecular formula is C27H20I2N2O3. The van der Waals surface area contributed by atoms with E-state index in [9.17, 15) is 9.59 Å². The molecule has 170 valence electrons. The molecule has 2 amide bonds. The minimum Gasteiger partial charge on any atom is -0.487 e. The molecule has 1 aliphatic heterocycles. The van der Waals surface area contributed by atoms with E-state index in [2.05, 4.69) is 86.7 Å². The molecule has 7 heteroatoms. The van der Waals surface area contributed by atoms with E-state index in [4.69, 9.17) is 4.74 Å². The fourth-order valence-corrected chi connectivity index (χ4v) is 7.61. The predicted molar refractivity (Wildman–Crippen MR) is 147 cm³/mol. The number of carbonyl (C=O) groups excluding carboxylic acids is 2. The SMILES string of the molecule is O=C1[C@H]2[C@H](C(=O)N1/N=C\c1cc(I)c(OCc3cccc4ccccc34)c(I)c1)[C@H]1C=C[C@H]2C1. The van der Waals surface area contributed by atoms with Gasteiger partial charge >= 0.3 is 0 Å². The summed E-state index contributed by atoms with van der Waals surface area (Å²) in [4.78, 5) is 25.7. The maximum absolute atomic E-state index is 12.8. The van der Waals surface area contributed by atoms with Gasteiger partial charge in [0.05, 0.1) is 25.2 Å². The van der Waals surface area contributed by atoms with Gasteiger partial charge in [0.15, 0.2) is 0 Å². The van der Waals surface area contributed by atoms with E-state index in [-0.39, 0.29) is 35.5 Å². The highest BCUT2D eigenvalue weighted by atomic mass is 127. The zero-order valence-electron chi connectivity index (χ0n) is 18.0. The fourth-order valence-electron chi connectivity index (χ4n) is 5.48. The van der Waals surface area contributed by atoms with E-state index in [0.29, 0.717) is 6.61 Å². The van der Waals surface area contributed by atoms with Gasteiger partial charge in [-0.05, 0) is 97.5 Å². The van der Waals surface area contributed by atoms with Gasteiger partial charge in [0.2, 0.25) is 0 Å². The van der Waals surface area contributed by atoms with Crippen molar-refractivity contribution in [1.29, 1.82) is 0 Å². The molecule has 4 atom stereocenters. The van der Waals surface area contributed by atoms with Crippen molar-refractivity contribution in [2.45, 2.75) is 13.0 Å². The van der Waals surface area contributed by atoms with Crippen LogP contribution in [0.1, 0.15) is 17.5 Å². The topological polar surface area (TPSA) is 59.0 Å². The number of benzene rings is 3. The summed E-state index contributed by atoms with van der Waals surface area (Å²) in [5.74, 6) is 0.398. The zero-order chi connectivity index (χ0) is 23.4. The number of ether oxygens (including phenoxy) is 1. The number of rotatable bonds is 5. The van der Waals surface area contributed by atoms with Gasteiger partial charge in [-0.25, -0.2) is 0 Å². The largest absolute Gasteiger partial charge is 0.487 e. The standard InChI is InChI=1S/C27H20I2N2O3/c28-21-10-15(13-30-31-26(32)23-17-8-9-18(12-17)24(23)27(31)33)11-22(29)25(21)34-14-19-6-3-5-16-4-1-2-7-20(16)19/h1-11,13,17-18,23-24H,12,14H2/b30-13-/t17-,18-,23+,24+/m0/s1. The van der Waals surface area contributed by atoms with Crippen LogP contribution in [-0.4, -0.2) is 23.0 Å². The number of allylic oxidation sites excluding steroid dienone is 2. The van der Waals surface area contributed by atoms with Gasteiger partial charge in [-0.3, -0.25) is 9.59 Å². The van der Waals surface area contributed by atoms with Gasteiger partial charge in [-0.1, -0.05) is 54.6 Å². The number of nitrogens with zero attached hydrogens (tertiary/aromatic N) is 2. The van der Waals surface area contributed by atoms with E-state index < -0.39 is 0 Å². The van der Waals surface area contributed by atoms with Crippen LogP contribution in [0.4, 0.5) is 0 Å². The van der Waals surface area contributed by atoms with Crippen molar-refractivity contribution in [3.63, 3.8) is 0 Å². The molecule has 1 saturated carbocycles. The van der Waals surface area contributed by atoms with Gasteiger partial charge in [-0.15, -0.1) is 0 Å². The third-order valence-corrected chi connectivity index (χ3v) is 8.64. The summed E-state index contributed by atoms with van der Waals surface area (Å²) in [6.45, 7) is 0.469. The van der Waals surface area contributed by atoms with Crippen molar-refractivity contribution < 1.29 is 14.3 Å². The smallest absolute Gasteiger partial charge is 0.254 e. The third kappa shape index (κ3) is 3.67. The highest BCUT2D eigenvalue weighted by molar-refractivity contribution is 14.1. The molecule has 3 aromatic carbocycles. The normalized spacial score (nSPS) is 25.2. The highest BCUT2D eigenvalue weighted by Crippen LogP contribution is 2.52. The van der Waals surface area contributed by atoms with Crippen LogP contribution >= 0.6 is 45.2 Å². The second-order valence-electron chi connectivity index (χ2n) is 8.97. The quantitative estimate of drug-likeness (QED) is 0.150. The molecule has 6 rings (SSSR count). The van der Waals surface area contributed by atoms with E-state index in [0.717, 1.165) is 35.4 Å². The van der Waals surface area contributed by atoms with E-state index in [1.54, 1.807) is 6.21 Å². The van der Waals surface area contributed by atoms with Crippen molar-refractivity contribution >= 4 is 74.0 Å². The van der Waals surface area contributed by atoms with Gasteiger partial charge in [0.1, 0.15) is 12.4 Å². The molecule has 0 spiro atoms. The number of hydrogen-bond acceptors (Lipinski definition) is 4. The summed E-state index contributed by atoms with van der Waals surface area (Å²) in [6, 6.07) is 18.4. The van der Waals surface area contributed by atoms with Gasteiger partial charge in [-0.2, -0.15) is 10.1 Å². The fraction of sp³-hybridized carbons (Fsp3) is 0.222. The van der Waals surface area contributed by atoms with Crippen LogP contribution in [0.3, 0.4) is 0 Å². The molecule has 2 fully saturated rings. The monoisotopic (exact) mass is 674 g/mol. The molecule has 0 radical (unpaired) electrons. The summed E-state index contributed by atoms with van der Waals surface area (Å²) in [7, 11) is 0. The van der Waals surface area contributed by atoms with Crippen LogP contribution in [0.2, 0.25) is 0 Å². The zero-order valence-corrected chi connectivity index (χ0v) is 22.3. The van der Waals surface area contributed by atoms with Crippen LogP contribution in [0.25, 0.3) is 10.8 Å². The Morgan fingerprint density at radius 2 is 1.59 bits per heavy atom. The molecule has 2 aliphatic carbocycles. The minimum absolute atomic E-state index is 0.164. The summed E-state index contributed by atoms with van der Waals surface area (Å²) in [6.07, 6.45) is 6.70. The van der Waals surface area contributed by atoms with Crippen LogP contribution in [-0.2, 0) is 16.2 Å². The summed E-state index contributed by atoms with van der Waals surface area (Å²) in [5, 5.41) is 7.78. The molecule has 2 bridgehead atoms. The van der Waals surface area contributed by atoms with Gasteiger partial charge in [0.25, 0.3) is 11.8 Å². The summed E-state index contributed by atoms with van der Waals surface area (Å²) in [5.41, 5.74) is 1.96. The minimum atomic E-state index is -0.232. The number of hydrazone groups is 1. The first-order chi connectivity index (χ1) is 16.5. The Balaban J connectivity index is 1.19. The second-order valence-corrected chi connectivity index (χ2v) is 11.3. The molecule has 0 N–H and O–H groups in total. The lowest BCUT2D eigenvalue weighted by Crippen LogP contribution is -2.28. The molecular weight excluding hydrogens is 654 g/mol.